The van der Waals surface area contributed by atoms with Crippen LogP contribution >= 0.6 is 15.9 Å². The number of hydrogen-bond acceptors (Lipinski definition) is 6. The highest BCUT2D eigenvalue weighted by atomic mass is 79.9. The third-order valence-electron chi connectivity index (χ3n) is 3.93. The highest BCUT2D eigenvalue weighted by molar-refractivity contribution is 9.10. The molecule has 11 heteroatoms. The number of halogens is 5. The number of ether oxygens (including phenoxy) is 1. The number of aromatic nitrogens is 2. The van der Waals surface area contributed by atoms with Crippen molar-refractivity contribution in [2.24, 2.45) is 0 Å². The van der Waals surface area contributed by atoms with Crippen molar-refractivity contribution in [1.29, 1.82) is 0 Å². The molecule has 0 aliphatic rings. The molecular weight excluding hydrogens is 484 g/mol. The molecule has 6 nitrogen and oxygen atoms in total. The fraction of sp³-hybridized carbons (Fsp3) is 0.200. The van der Waals surface area contributed by atoms with Crippen LogP contribution < -0.4 is 15.4 Å². The fourth-order valence-corrected chi connectivity index (χ4v) is 2.81. The normalized spacial score (nSPS) is 12.4. The number of rotatable bonds is 7. The van der Waals surface area contributed by atoms with E-state index in [-0.39, 0.29) is 30.1 Å². The van der Waals surface area contributed by atoms with E-state index in [1.807, 2.05) is 0 Å². The summed E-state index contributed by atoms with van der Waals surface area (Å²) in [5.41, 5.74) is 1.03. The molecule has 1 heterocycles. The molecule has 164 valence electrons. The quantitative estimate of drug-likeness (QED) is 0.373. The second kappa shape index (κ2) is 9.48. The average Bonchev–Trinajstić information content (AvgIpc) is 2.69. The Bertz CT molecular complexity index is 1070. The van der Waals surface area contributed by atoms with Gasteiger partial charge >= 0.3 is 6.36 Å². The first kappa shape index (κ1) is 22.8. The molecule has 0 aliphatic heterocycles. The first-order valence-electron chi connectivity index (χ1n) is 8.97. The summed E-state index contributed by atoms with van der Waals surface area (Å²) in [6.45, 7) is 1.51. The Balaban J connectivity index is 1.99. The number of aliphatic hydroxyl groups excluding tert-OH is 1. The molecule has 0 unspecified atom stereocenters. The summed E-state index contributed by atoms with van der Waals surface area (Å²) >= 11 is 3.08. The minimum absolute atomic E-state index is 0.126. The molecule has 0 spiro atoms. The molecule has 1 atom stereocenters. The van der Waals surface area contributed by atoms with E-state index < -0.39 is 17.9 Å². The lowest BCUT2D eigenvalue weighted by Crippen LogP contribution is -2.21. The van der Waals surface area contributed by atoms with Crippen LogP contribution in [-0.2, 0) is 0 Å². The van der Waals surface area contributed by atoms with Crippen molar-refractivity contribution >= 4 is 33.4 Å². The SMILES string of the molecule is C[C@@H](CO)Nc1nc(Nc2ccc(Br)c(F)c2)cc(-c2cccc(OC(F)(F)F)c2)n1. The van der Waals surface area contributed by atoms with Gasteiger partial charge in [0.15, 0.2) is 0 Å². The molecule has 3 rings (SSSR count). The standard InChI is InChI=1S/C20H17BrF4N4O2/c1-11(10-30)26-19-28-17(12-3-2-4-14(7-12)31-20(23,24)25)9-18(29-19)27-13-5-6-15(21)16(22)8-13/h2-9,11,30H,10H2,1H3,(H2,26,27,28,29)/t11-/m0/s1. The number of hydrogen-bond donors (Lipinski definition) is 3. The first-order valence-corrected chi connectivity index (χ1v) is 9.77. The summed E-state index contributed by atoms with van der Waals surface area (Å²) in [6, 6.07) is 10.9. The number of nitrogens with zero attached hydrogens (tertiary/aromatic N) is 2. The van der Waals surface area contributed by atoms with E-state index in [1.165, 1.54) is 36.4 Å². The van der Waals surface area contributed by atoms with Gasteiger partial charge in [0.25, 0.3) is 0 Å². The number of nitrogens with one attached hydrogen (secondary N) is 2. The van der Waals surface area contributed by atoms with Gasteiger partial charge in [-0.2, -0.15) is 4.98 Å². The first-order chi connectivity index (χ1) is 14.6. The van der Waals surface area contributed by atoms with Crippen molar-refractivity contribution in [2.75, 3.05) is 17.2 Å². The number of benzene rings is 2. The Morgan fingerprint density at radius 3 is 2.58 bits per heavy atom. The van der Waals surface area contributed by atoms with Gasteiger partial charge in [0.05, 0.1) is 16.8 Å². The highest BCUT2D eigenvalue weighted by Crippen LogP contribution is 2.30. The van der Waals surface area contributed by atoms with E-state index in [0.717, 1.165) is 0 Å². The molecule has 0 bridgehead atoms. The van der Waals surface area contributed by atoms with Gasteiger partial charge in [-0.3, -0.25) is 0 Å². The highest BCUT2D eigenvalue weighted by Gasteiger charge is 2.31. The third-order valence-corrected chi connectivity index (χ3v) is 4.57. The number of aliphatic hydroxyl groups is 1. The van der Waals surface area contributed by atoms with E-state index in [9.17, 15) is 22.7 Å². The Labute approximate surface area is 183 Å². The minimum Gasteiger partial charge on any atom is -0.406 e. The summed E-state index contributed by atoms with van der Waals surface area (Å²) in [6.07, 6.45) is -4.83. The van der Waals surface area contributed by atoms with E-state index in [1.54, 1.807) is 19.1 Å². The van der Waals surface area contributed by atoms with Crippen LogP contribution in [-0.4, -0.2) is 34.1 Å². The monoisotopic (exact) mass is 500 g/mol. The summed E-state index contributed by atoms with van der Waals surface area (Å²) in [5, 5.41) is 15.1. The molecular formula is C20H17BrF4N4O2. The Kier molecular flexibility index (Phi) is 6.96. The van der Waals surface area contributed by atoms with Gasteiger partial charge in [-0.25, -0.2) is 9.37 Å². The van der Waals surface area contributed by atoms with Crippen LogP contribution in [0.15, 0.2) is 53.0 Å². The lowest BCUT2D eigenvalue weighted by atomic mass is 10.1. The van der Waals surface area contributed by atoms with E-state index >= 15 is 0 Å². The number of anilines is 3. The zero-order valence-electron chi connectivity index (χ0n) is 16.0. The summed E-state index contributed by atoms with van der Waals surface area (Å²) in [4.78, 5) is 8.60. The van der Waals surface area contributed by atoms with Crippen molar-refractivity contribution in [3.8, 4) is 17.0 Å². The molecule has 0 radical (unpaired) electrons. The van der Waals surface area contributed by atoms with E-state index in [0.29, 0.717) is 15.7 Å². The third kappa shape index (κ3) is 6.53. The van der Waals surface area contributed by atoms with Crippen molar-refractivity contribution in [1.82, 2.24) is 9.97 Å². The van der Waals surface area contributed by atoms with E-state index in [2.05, 4.69) is 41.3 Å². The summed E-state index contributed by atoms with van der Waals surface area (Å²) in [5.74, 6) is -0.488. The van der Waals surface area contributed by atoms with Gasteiger partial charge in [0, 0.05) is 23.4 Å². The summed E-state index contributed by atoms with van der Waals surface area (Å²) < 4.78 is 55.8. The van der Waals surface area contributed by atoms with Crippen molar-refractivity contribution in [3.63, 3.8) is 0 Å². The topological polar surface area (TPSA) is 79.3 Å². The fourth-order valence-electron chi connectivity index (χ4n) is 2.56. The lowest BCUT2D eigenvalue weighted by molar-refractivity contribution is -0.274. The van der Waals surface area contributed by atoms with Crippen LogP contribution in [0, 0.1) is 5.82 Å². The van der Waals surface area contributed by atoms with Gasteiger partial charge in [-0.15, -0.1) is 13.2 Å². The van der Waals surface area contributed by atoms with Crippen LogP contribution in [0.5, 0.6) is 5.75 Å². The van der Waals surface area contributed by atoms with Crippen LogP contribution in [0.4, 0.5) is 35.0 Å². The second-order valence-electron chi connectivity index (χ2n) is 6.52. The lowest BCUT2D eigenvalue weighted by Gasteiger charge is -2.15. The second-order valence-corrected chi connectivity index (χ2v) is 7.37. The smallest absolute Gasteiger partial charge is 0.406 e. The predicted octanol–water partition coefficient (Wildman–Crippen LogP) is 5.48. The molecule has 3 N–H and O–H groups in total. The maximum atomic E-state index is 13.8. The van der Waals surface area contributed by atoms with Gasteiger partial charge in [0.1, 0.15) is 17.4 Å². The van der Waals surface area contributed by atoms with Crippen molar-refractivity contribution < 1.29 is 27.4 Å². The van der Waals surface area contributed by atoms with Crippen LogP contribution in [0.1, 0.15) is 6.92 Å². The minimum atomic E-state index is -4.83. The molecule has 31 heavy (non-hydrogen) atoms. The molecule has 0 saturated carbocycles. The molecule has 0 fully saturated rings. The molecule has 3 aromatic rings. The zero-order valence-corrected chi connectivity index (χ0v) is 17.6. The van der Waals surface area contributed by atoms with Gasteiger partial charge in [-0.1, -0.05) is 12.1 Å². The van der Waals surface area contributed by atoms with Crippen LogP contribution in [0.3, 0.4) is 0 Å². The Morgan fingerprint density at radius 1 is 1.13 bits per heavy atom. The average molecular weight is 501 g/mol. The Morgan fingerprint density at radius 2 is 1.90 bits per heavy atom. The predicted molar refractivity (Wildman–Crippen MR) is 112 cm³/mol. The molecule has 0 amide bonds. The van der Waals surface area contributed by atoms with Gasteiger partial charge in [-0.05, 0) is 53.2 Å². The largest absolute Gasteiger partial charge is 0.573 e. The van der Waals surface area contributed by atoms with Crippen molar-refractivity contribution in [3.05, 3.63) is 58.8 Å². The molecule has 0 saturated heterocycles. The summed E-state index contributed by atoms with van der Waals surface area (Å²) in [7, 11) is 0. The number of alkyl halides is 3. The zero-order chi connectivity index (χ0) is 22.6. The maximum Gasteiger partial charge on any atom is 0.573 e. The van der Waals surface area contributed by atoms with Gasteiger partial charge < -0.3 is 20.5 Å². The van der Waals surface area contributed by atoms with Crippen molar-refractivity contribution in [2.45, 2.75) is 19.3 Å². The van der Waals surface area contributed by atoms with Gasteiger partial charge in [0.2, 0.25) is 5.95 Å². The van der Waals surface area contributed by atoms with E-state index in [4.69, 9.17) is 0 Å². The maximum absolute atomic E-state index is 13.8. The molecule has 0 aliphatic carbocycles. The molecule has 1 aromatic heterocycles. The Hall–Kier alpha value is -2.92. The van der Waals surface area contributed by atoms with Crippen LogP contribution in [0.2, 0.25) is 0 Å². The molecule has 2 aromatic carbocycles. The van der Waals surface area contributed by atoms with Crippen LogP contribution in [0.25, 0.3) is 11.3 Å².